The molecule has 0 aliphatic carbocycles. The molecule has 0 spiro atoms. The summed E-state index contributed by atoms with van der Waals surface area (Å²) in [6.07, 6.45) is 0.375. The van der Waals surface area contributed by atoms with E-state index in [0.717, 1.165) is 43.1 Å². The van der Waals surface area contributed by atoms with Gasteiger partial charge in [0.05, 0.1) is 19.3 Å². The fraction of sp³-hybridized carbons (Fsp3) is 0.435. The maximum absolute atomic E-state index is 12.4. The molecule has 2 aromatic rings. The van der Waals surface area contributed by atoms with Gasteiger partial charge in [0.25, 0.3) is 0 Å². The molecule has 2 aromatic carbocycles. The number of morpholine rings is 1. The first kappa shape index (κ1) is 20.5. The topological polar surface area (TPSA) is 53.0 Å². The van der Waals surface area contributed by atoms with E-state index < -0.39 is 6.10 Å². The minimum Gasteiger partial charge on any atom is -0.387 e. The Balaban J connectivity index is 1.63. The average Bonchev–Trinajstić information content (AvgIpc) is 2.74. The maximum atomic E-state index is 12.4. The first-order valence-electron chi connectivity index (χ1n) is 9.91. The van der Waals surface area contributed by atoms with Crippen LogP contribution in [0.3, 0.4) is 0 Å². The molecule has 1 aliphatic heterocycles. The number of carbonyl (C=O) groups is 1. The van der Waals surface area contributed by atoms with Crippen LogP contribution >= 0.6 is 0 Å². The first-order valence-corrected chi connectivity index (χ1v) is 9.91. The number of carbonyl (C=O) groups excluding carboxylic acids is 1. The molecule has 1 saturated heterocycles. The molecule has 5 nitrogen and oxygen atoms in total. The van der Waals surface area contributed by atoms with Crippen molar-refractivity contribution in [2.75, 3.05) is 45.3 Å². The Morgan fingerprint density at radius 3 is 2.32 bits per heavy atom. The summed E-state index contributed by atoms with van der Waals surface area (Å²) in [4.78, 5) is 16.7. The fourth-order valence-electron chi connectivity index (χ4n) is 3.67. The molecule has 28 heavy (non-hydrogen) atoms. The van der Waals surface area contributed by atoms with Crippen LogP contribution in [0.5, 0.6) is 0 Å². The lowest BCUT2D eigenvalue weighted by Crippen LogP contribution is -2.36. The van der Waals surface area contributed by atoms with E-state index >= 15 is 0 Å². The Bertz CT molecular complexity index is 740. The van der Waals surface area contributed by atoms with Crippen LogP contribution in [0.15, 0.2) is 54.6 Å². The second-order valence-corrected chi connectivity index (χ2v) is 7.49. The number of ketones is 1. The van der Waals surface area contributed by atoms with Gasteiger partial charge < -0.3 is 19.6 Å². The van der Waals surface area contributed by atoms with Gasteiger partial charge in [-0.05, 0) is 38.2 Å². The third-order valence-corrected chi connectivity index (χ3v) is 5.40. The van der Waals surface area contributed by atoms with Gasteiger partial charge in [0.1, 0.15) is 0 Å². The number of nitrogens with zero attached hydrogens (tertiary/aromatic N) is 2. The number of aliphatic hydroxyl groups excluding tert-OH is 1. The summed E-state index contributed by atoms with van der Waals surface area (Å²) in [5, 5.41) is 10.9. The highest BCUT2D eigenvalue weighted by atomic mass is 16.5. The summed E-state index contributed by atoms with van der Waals surface area (Å²) < 4.78 is 5.40. The van der Waals surface area contributed by atoms with Gasteiger partial charge in [-0.1, -0.05) is 42.5 Å². The first-order chi connectivity index (χ1) is 13.6. The number of hydrogen-bond acceptors (Lipinski definition) is 5. The Kier molecular flexibility index (Phi) is 7.20. The number of ether oxygens (including phenoxy) is 1. The van der Waals surface area contributed by atoms with E-state index in [9.17, 15) is 9.90 Å². The van der Waals surface area contributed by atoms with E-state index in [4.69, 9.17) is 4.74 Å². The second-order valence-electron chi connectivity index (χ2n) is 7.49. The van der Waals surface area contributed by atoms with Crippen molar-refractivity contribution in [1.82, 2.24) is 4.90 Å². The van der Waals surface area contributed by atoms with Gasteiger partial charge in [-0.2, -0.15) is 0 Å². The molecule has 1 N–H and O–H groups in total. The summed E-state index contributed by atoms with van der Waals surface area (Å²) in [5.74, 6) is 0.113. The van der Waals surface area contributed by atoms with Crippen LogP contribution in [0.2, 0.25) is 0 Å². The second kappa shape index (κ2) is 9.82. The molecule has 1 heterocycles. The summed E-state index contributed by atoms with van der Waals surface area (Å²) in [5.41, 5.74) is 2.76. The summed E-state index contributed by atoms with van der Waals surface area (Å²) in [7, 11) is 3.89. The zero-order valence-corrected chi connectivity index (χ0v) is 16.8. The molecule has 2 unspecified atom stereocenters. The predicted octanol–water partition coefficient (Wildman–Crippen LogP) is 3.15. The highest BCUT2D eigenvalue weighted by molar-refractivity contribution is 5.95. The Morgan fingerprint density at radius 1 is 1.07 bits per heavy atom. The molecule has 0 radical (unpaired) electrons. The van der Waals surface area contributed by atoms with Gasteiger partial charge in [-0.3, -0.25) is 4.79 Å². The normalized spacial score (nSPS) is 16.8. The molecule has 150 valence electrons. The molecular formula is C23H30N2O3. The molecule has 3 rings (SSSR count). The van der Waals surface area contributed by atoms with E-state index in [1.54, 1.807) is 0 Å². The van der Waals surface area contributed by atoms with Crippen molar-refractivity contribution in [2.45, 2.75) is 25.0 Å². The van der Waals surface area contributed by atoms with Crippen molar-refractivity contribution >= 4 is 11.5 Å². The van der Waals surface area contributed by atoms with Gasteiger partial charge in [-0.15, -0.1) is 0 Å². The van der Waals surface area contributed by atoms with Crippen molar-refractivity contribution in [2.24, 2.45) is 0 Å². The number of Topliss-reactive ketones (excluding diaryl/α,β-unsaturated/α-hetero) is 1. The Hall–Kier alpha value is -2.21. The molecule has 1 fully saturated rings. The number of likely N-dealkylation sites (N-methyl/N-ethyl adjacent to an activating group) is 1. The quantitative estimate of drug-likeness (QED) is 0.711. The number of rotatable bonds is 8. The fourth-order valence-corrected chi connectivity index (χ4v) is 3.67. The van der Waals surface area contributed by atoms with Crippen molar-refractivity contribution in [1.29, 1.82) is 0 Å². The summed E-state index contributed by atoms with van der Waals surface area (Å²) in [6.45, 7) is 3.29. The summed E-state index contributed by atoms with van der Waals surface area (Å²) in [6, 6.07) is 17.3. The molecule has 2 atom stereocenters. The van der Waals surface area contributed by atoms with E-state index in [0.29, 0.717) is 12.8 Å². The van der Waals surface area contributed by atoms with E-state index in [-0.39, 0.29) is 11.8 Å². The minimum absolute atomic E-state index is 0.113. The van der Waals surface area contributed by atoms with E-state index in [1.807, 2.05) is 61.5 Å². The third-order valence-electron chi connectivity index (χ3n) is 5.40. The highest BCUT2D eigenvalue weighted by Crippen LogP contribution is 2.26. The van der Waals surface area contributed by atoms with Crippen molar-refractivity contribution < 1.29 is 14.6 Å². The van der Waals surface area contributed by atoms with Gasteiger partial charge in [0.15, 0.2) is 5.78 Å². The average molecular weight is 383 g/mol. The van der Waals surface area contributed by atoms with Crippen LogP contribution in [-0.4, -0.2) is 62.2 Å². The van der Waals surface area contributed by atoms with Crippen molar-refractivity contribution in [3.05, 3.63) is 65.7 Å². The third kappa shape index (κ3) is 5.19. The highest BCUT2D eigenvalue weighted by Gasteiger charge is 2.24. The Labute approximate surface area is 167 Å². The smallest absolute Gasteiger partial charge is 0.162 e. The molecule has 5 heteroatoms. The van der Waals surface area contributed by atoms with Crippen LogP contribution in [0.1, 0.15) is 34.9 Å². The maximum Gasteiger partial charge on any atom is 0.162 e. The predicted molar refractivity (Wildman–Crippen MR) is 112 cm³/mol. The molecule has 1 aliphatic rings. The number of benzene rings is 2. The summed E-state index contributed by atoms with van der Waals surface area (Å²) >= 11 is 0. The van der Waals surface area contributed by atoms with Crippen molar-refractivity contribution in [3.63, 3.8) is 0 Å². The van der Waals surface area contributed by atoms with Gasteiger partial charge in [0.2, 0.25) is 0 Å². The molecule has 0 aromatic heterocycles. The van der Waals surface area contributed by atoms with Crippen LogP contribution in [0.25, 0.3) is 0 Å². The largest absolute Gasteiger partial charge is 0.387 e. The zero-order chi connectivity index (χ0) is 19.9. The van der Waals surface area contributed by atoms with Crippen LogP contribution in [0.4, 0.5) is 5.69 Å². The Morgan fingerprint density at radius 2 is 1.71 bits per heavy atom. The monoisotopic (exact) mass is 382 g/mol. The number of anilines is 1. The lowest BCUT2D eigenvalue weighted by molar-refractivity contribution is 0.0666. The van der Waals surface area contributed by atoms with Gasteiger partial charge in [-0.25, -0.2) is 0 Å². The van der Waals surface area contributed by atoms with Crippen LogP contribution in [0, 0.1) is 0 Å². The van der Waals surface area contributed by atoms with Gasteiger partial charge in [0, 0.05) is 36.8 Å². The van der Waals surface area contributed by atoms with E-state index in [1.165, 1.54) is 0 Å². The van der Waals surface area contributed by atoms with Crippen LogP contribution in [-0.2, 0) is 4.74 Å². The molecule has 0 amide bonds. The minimum atomic E-state index is -0.641. The molecule has 0 bridgehead atoms. The standard InChI is InChI=1S/C23H30N2O3/c1-24(2)21(12-13-22(26)18-6-4-3-5-7-18)23(27)19-8-10-20(11-9-19)25-14-16-28-17-15-25/h3-11,21,23,27H,12-17H2,1-2H3. The van der Waals surface area contributed by atoms with Crippen molar-refractivity contribution in [3.8, 4) is 0 Å². The zero-order valence-electron chi connectivity index (χ0n) is 16.8. The lowest BCUT2D eigenvalue weighted by atomic mass is 9.95. The SMILES string of the molecule is CN(C)C(CCC(=O)c1ccccc1)C(O)c1ccc(N2CCOCC2)cc1. The lowest BCUT2D eigenvalue weighted by Gasteiger charge is -2.31. The number of aliphatic hydroxyl groups is 1. The van der Waals surface area contributed by atoms with Gasteiger partial charge >= 0.3 is 0 Å². The molecular weight excluding hydrogens is 352 g/mol. The van der Waals surface area contributed by atoms with Crippen LogP contribution < -0.4 is 4.90 Å². The van der Waals surface area contributed by atoms with E-state index in [2.05, 4.69) is 17.0 Å². The molecule has 0 saturated carbocycles. The number of hydrogen-bond donors (Lipinski definition) is 1.